The second kappa shape index (κ2) is 4.30. The minimum atomic E-state index is -0.268. The van der Waals surface area contributed by atoms with Gasteiger partial charge in [0.05, 0.1) is 0 Å². The number of rotatable bonds is 3. The van der Waals surface area contributed by atoms with Crippen LogP contribution in [0, 0.1) is 0 Å². The molecule has 0 rings (SSSR count). The third kappa shape index (κ3) is 5.19. The Morgan fingerprint density at radius 2 is 2.10 bits per heavy atom. The number of halogens is 2. The Morgan fingerprint density at radius 3 is 2.40 bits per heavy atom. The first kappa shape index (κ1) is 10.4. The first-order valence-corrected chi connectivity index (χ1v) is 4.26. The normalized spacial score (nSPS) is 20.5. The van der Waals surface area contributed by atoms with E-state index in [1.165, 1.54) is 0 Å². The van der Waals surface area contributed by atoms with Crippen molar-refractivity contribution in [3.63, 3.8) is 0 Å². The van der Waals surface area contributed by atoms with Crippen LogP contribution in [0.2, 0.25) is 0 Å². The lowest BCUT2D eigenvalue weighted by Crippen LogP contribution is -2.28. The predicted octanol–water partition coefficient (Wildman–Crippen LogP) is 2.54. The highest BCUT2D eigenvalue weighted by Gasteiger charge is 2.20. The fourth-order valence-corrected chi connectivity index (χ4v) is 1.72. The van der Waals surface area contributed by atoms with Crippen LogP contribution in [0.5, 0.6) is 0 Å². The molecule has 2 atom stereocenters. The molecule has 0 aromatic carbocycles. The molecule has 0 spiro atoms. The summed E-state index contributed by atoms with van der Waals surface area (Å²) in [5, 5.41) is 0.138. The summed E-state index contributed by atoms with van der Waals surface area (Å²) in [6.45, 7) is 5.87. The van der Waals surface area contributed by atoms with Crippen LogP contribution in [0.4, 0.5) is 0 Å². The fraction of sp³-hybridized carbons (Fsp3) is 0.714. The summed E-state index contributed by atoms with van der Waals surface area (Å²) in [5.74, 6) is 0. The molecule has 0 aliphatic rings. The van der Waals surface area contributed by atoms with E-state index in [1.54, 1.807) is 0 Å². The Kier molecular flexibility index (Phi) is 4.47. The largest absolute Gasteiger partial charge is 0.173 e. The maximum Gasteiger partial charge on any atom is 0.173 e. The van der Waals surface area contributed by atoms with Gasteiger partial charge in [0.25, 0.3) is 0 Å². The van der Waals surface area contributed by atoms with Crippen molar-refractivity contribution in [2.45, 2.75) is 30.8 Å². The van der Waals surface area contributed by atoms with Crippen molar-refractivity contribution in [1.82, 2.24) is 0 Å². The lowest BCUT2D eigenvalue weighted by Gasteiger charge is -2.16. The lowest BCUT2D eigenvalue weighted by molar-refractivity contribution is 1.07. The molecule has 0 radical (unpaired) electrons. The lowest BCUT2D eigenvalue weighted by atomic mass is 9.62. The summed E-state index contributed by atoms with van der Waals surface area (Å²) < 4.78 is -0.268. The second-order valence-electron chi connectivity index (χ2n) is 2.76. The summed E-state index contributed by atoms with van der Waals surface area (Å²) in [7, 11) is 0.806. The average Bonchev–Trinajstić information content (AvgIpc) is 1.59. The van der Waals surface area contributed by atoms with Gasteiger partial charge in [-0.25, -0.2) is 0 Å². The van der Waals surface area contributed by atoms with Crippen LogP contribution in [0.3, 0.4) is 0 Å². The van der Waals surface area contributed by atoms with Crippen LogP contribution in [0.15, 0.2) is 12.2 Å². The smallest absolute Gasteiger partial charge is 0.133 e. The van der Waals surface area contributed by atoms with E-state index in [0.29, 0.717) is 0 Å². The van der Waals surface area contributed by atoms with E-state index in [-0.39, 0.29) is 10.0 Å². The van der Waals surface area contributed by atoms with Gasteiger partial charge < -0.3 is 0 Å². The number of alkyl halides is 2. The monoisotopic (exact) mass is 178 g/mol. The van der Waals surface area contributed by atoms with Gasteiger partial charge in [0.15, 0.2) is 7.28 Å². The molecule has 0 N–H and O–H groups in total. The highest BCUT2D eigenvalue weighted by molar-refractivity contribution is 6.65. The van der Waals surface area contributed by atoms with Crippen LogP contribution in [-0.4, -0.2) is 17.3 Å². The van der Waals surface area contributed by atoms with Crippen molar-refractivity contribution in [2.24, 2.45) is 0 Å². The molecule has 0 aromatic heterocycles. The van der Waals surface area contributed by atoms with Crippen molar-refractivity contribution in [3.05, 3.63) is 12.2 Å². The Balaban J connectivity index is 3.86. The zero-order valence-corrected chi connectivity index (χ0v) is 8.21. The van der Waals surface area contributed by atoms with E-state index in [4.69, 9.17) is 23.2 Å². The first-order valence-electron chi connectivity index (χ1n) is 3.45. The summed E-state index contributed by atoms with van der Waals surface area (Å²) in [5.41, 5.74) is 0. The Bertz CT molecular complexity index is 119. The molecular weight excluding hydrogens is 166 g/mol. The maximum absolute atomic E-state index is 6.06. The van der Waals surface area contributed by atoms with Crippen LogP contribution >= 0.6 is 23.2 Å². The molecule has 0 aliphatic heterocycles. The van der Waals surface area contributed by atoms with E-state index in [2.05, 4.69) is 0 Å². The van der Waals surface area contributed by atoms with Gasteiger partial charge in [-0.2, -0.15) is 0 Å². The fourth-order valence-electron chi connectivity index (χ4n) is 0.966. The zero-order valence-electron chi connectivity index (χ0n) is 6.70. The van der Waals surface area contributed by atoms with E-state index < -0.39 is 0 Å². The molecule has 0 saturated heterocycles. The zero-order chi connectivity index (χ0) is 8.20. The molecule has 0 fully saturated rings. The van der Waals surface area contributed by atoms with Gasteiger partial charge in [-0.1, -0.05) is 19.1 Å². The standard InChI is InChI=1S/C7H13BCl2/c1-4-5-7(3,10)8-6(2)9/h4-6,8H,1-3H3. The summed E-state index contributed by atoms with van der Waals surface area (Å²) in [4.78, 5) is 0. The molecule has 0 aromatic rings. The van der Waals surface area contributed by atoms with Crippen molar-refractivity contribution in [1.29, 1.82) is 0 Å². The van der Waals surface area contributed by atoms with Gasteiger partial charge >= 0.3 is 0 Å². The highest BCUT2D eigenvalue weighted by atomic mass is 35.5. The van der Waals surface area contributed by atoms with Crippen LogP contribution in [0.25, 0.3) is 0 Å². The number of hydrogen-bond donors (Lipinski definition) is 0. The Hall–Kier alpha value is 0.385. The maximum atomic E-state index is 6.06. The second-order valence-corrected chi connectivity index (χ2v) is 4.37. The SMILES string of the molecule is CC=CC(C)(Cl)BC(C)Cl. The van der Waals surface area contributed by atoms with Gasteiger partial charge in [-0.05, 0) is 13.8 Å². The molecule has 0 amide bonds. The molecule has 0 aliphatic carbocycles. The van der Waals surface area contributed by atoms with E-state index in [1.807, 2.05) is 32.9 Å². The van der Waals surface area contributed by atoms with Crippen LogP contribution in [0.1, 0.15) is 20.8 Å². The molecule has 58 valence electrons. The van der Waals surface area contributed by atoms with Gasteiger partial charge in [-0.3, -0.25) is 0 Å². The number of hydrogen-bond acceptors (Lipinski definition) is 0. The first-order chi connectivity index (χ1) is 4.48. The van der Waals surface area contributed by atoms with E-state index >= 15 is 0 Å². The third-order valence-corrected chi connectivity index (χ3v) is 1.63. The van der Waals surface area contributed by atoms with Gasteiger partial charge in [-0.15, -0.1) is 23.2 Å². The van der Waals surface area contributed by atoms with E-state index in [0.717, 1.165) is 7.28 Å². The number of allylic oxidation sites excluding steroid dienone is 2. The van der Waals surface area contributed by atoms with Crippen molar-refractivity contribution >= 4 is 30.5 Å². The van der Waals surface area contributed by atoms with Crippen molar-refractivity contribution in [2.75, 3.05) is 0 Å². The van der Waals surface area contributed by atoms with Crippen molar-refractivity contribution in [3.8, 4) is 0 Å². The van der Waals surface area contributed by atoms with Gasteiger partial charge in [0, 0.05) is 10.0 Å². The Labute approximate surface area is 73.8 Å². The summed E-state index contributed by atoms with van der Waals surface area (Å²) in [6.07, 6.45) is 3.92. The Morgan fingerprint density at radius 1 is 1.60 bits per heavy atom. The molecule has 0 saturated carbocycles. The summed E-state index contributed by atoms with van der Waals surface area (Å²) in [6, 6.07) is 0. The molecule has 10 heavy (non-hydrogen) atoms. The highest BCUT2D eigenvalue weighted by Crippen LogP contribution is 2.16. The minimum absolute atomic E-state index is 0.138. The van der Waals surface area contributed by atoms with Gasteiger partial charge in [0.2, 0.25) is 0 Å². The summed E-state index contributed by atoms with van der Waals surface area (Å²) >= 11 is 11.8. The minimum Gasteiger partial charge on any atom is -0.133 e. The molecule has 0 nitrogen and oxygen atoms in total. The van der Waals surface area contributed by atoms with Gasteiger partial charge in [0.1, 0.15) is 0 Å². The molecule has 0 heterocycles. The molecule has 0 bridgehead atoms. The van der Waals surface area contributed by atoms with Crippen LogP contribution < -0.4 is 0 Å². The quantitative estimate of drug-likeness (QED) is 0.354. The molecule has 3 heteroatoms. The molecular formula is C7H13BCl2. The third-order valence-electron chi connectivity index (χ3n) is 1.19. The average molecular weight is 179 g/mol. The van der Waals surface area contributed by atoms with Crippen molar-refractivity contribution < 1.29 is 0 Å². The van der Waals surface area contributed by atoms with Crippen LogP contribution in [-0.2, 0) is 0 Å². The topological polar surface area (TPSA) is 0 Å². The molecule has 2 unspecified atom stereocenters. The van der Waals surface area contributed by atoms with E-state index in [9.17, 15) is 0 Å². The predicted molar refractivity (Wildman–Crippen MR) is 51.5 cm³/mol.